The van der Waals surface area contributed by atoms with Gasteiger partial charge in [-0.25, -0.2) is 14.5 Å². The van der Waals surface area contributed by atoms with Crippen LogP contribution in [0.3, 0.4) is 0 Å². The van der Waals surface area contributed by atoms with Crippen LogP contribution in [0.25, 0.3) is 5.57 Å². The second-order valence-corrected chi connectivity index (χ2v) is 8.53. The molecular weight excluding hydrogens is 376 g/mol. The molecule has 2 aliphatic heterocycles. The highest BCUT2D eigenvalue weighted by Gasteiger charge is 2.30. The highest BCUT2D eigenvalue weighted by atomic mass is 16.5. The average molecular weight is 406 g/mol. The number of allylic oxidation sites excluding steroid dienone is 1. The van der Waals surface area contributed by atoms with Crippen molar-refractivity contribution in [3.63, 3.8) is 0 Å². The van der Waals surface area contributed by atoms with E-state index < -0.39 is 0 Å². The van der Waals surface area contributed by atoms with Crippen LogP contribution in [0.1, 0.15) is 43.6 Å². The molecule has 0 unspecified atom stereocenters. The van der Waals surface area contributed by atoms with Crippen molar-refractivity contribution in [2.75, 3.05) is 24.5 Å². The van der Waals surface area contributed by atoms with Gasteiger partial charge < -0.3 is 9.64 Å². The van der Waals surface area contributed by atoms with Crippen LogP contribution in [0.4, 0.5) is 5.82 Å². The molecule has 0 N–H and O–H groups in total. The van der Waals surface area contributed by atoms with Crippen molar-refractivity contribution in [3.8, 4) is 5.88 Å². The molecule has 0 atom stereocenters. The lowest BCUT2D eigenvalue weighted by Crippen LogP contribution is -2.54. The van der Waals surface area contributed by atoms with E-state index in [1.807, 2.05) is 38.1 Å². The Balaban J connectivity index is 1.34. The van der Waals surface area contributed by atoms with E-state index in [1.54, 1.807) is 12.4 Å². The summed E-state index contributed by atoms with van der Waals surface area (Å²) in [6, 6.07) is 8.29. The number of carbonyl (C=O) groups excluding carboxylic acids is 1. The average Bonchev–Trinajstić information content (AvgIpc) is 3.21. The molecule has 2 aromatic heterocycles. The summed E-state index contributed by atoms with van der Waals surface area (Å²) in [5.41, 5.74) is 3.01. The number of ketones is 1. The molecule has 6 nitrogen and oxygen atoms in total. The van der Waals surface area contributed by atoms with Gasteiger partial charge in [0.2, 0.25) is 5.88 Å². The van der Waals surface area contributed by atoms with Crippen molar-refractivity contribution in [3.05, 3.63) is 53.9 Å². The molecule has 0 bridgehead atoms. The van der Waals surface area contributed by atoms with Gasteiger partial charge in [-0.05, 0) is 43.7 Å². The largest absolute Gasteiger partial charge is 0.471 e. The standard InChI is InChI=1S/C24H29N4O2/c1-16(2)24(29)19-5-6-22(26-12-19)28-14-21(15-28)30-23-11-18(7-9-25-23)20-8-10-27(13-20)17(3)4/h5-9,11-13,16-17,21H,10,14-15H2,1-4H3/q+1. The molecule has 1 fully saturated rings. The van der Waals surface area contributed by atoms with Crippen LogP contribution in [-0.4, -0.2) is 58.3 Å². The highest BCUT2D eigenvalue weighted by molar-refractivity contribution is 6.08. The number of hydrogen-bond donors (Lipinski definition) is 0. The molecule has 0 radical (unpaired) electrons. The van der Waals surface area contributed by atoms with E-state index >= 15 is 0 Å². The zero-order chi connectivity index (χ0) is 21.3. The molecular formula is C24H29N4O2+. The Hall–Kier alpha value is -3.02. The highest BCUT2D eigenvalue weighted by Crippen LogP contribution is 2.24. The van der Waals surface area contributed by atoms with Gasteiger partial charge in [0.05, 0.1) is 13.1 Å². The molecule has 0 aromatic carbocycles. The molecule has 2 aromatic rings. The molecule has 0 amide bonds. The number of nitrogens with zero attached hydrogens (tertiary/aromatic N) is 4. The maximum atomic E-state index is 12.0. The van der Waals surface area contributed by atoms with Crippen LogP contribution in [0.5, 0.6) is 5.88 Å². The third-order valence-corrected chi connectivity index (χ3v) is 5.57. The van der Waals surface area contributed by atoms with Gasteiger partial charge in [-0.3, -0.25) is 4.79 Å². The first-order valence-corrected chi connectivity index (χ1v) is 10.6. The Labute approximate surface area is 177 Å². The predicted molar refractivity (Wildman–Crippen MR) is 119 cm³/mol. The first-order valence-electron chi connectivity index (χ1n) is 10.6. The lowest BCUT2D eigenvalue weighted by molar-refractivity contribution is -0.541. The number of pyridine rings is 2. The van der Waals surface area contributed by atoms with E-state index in [9.17, 15) is 4.79 Å². The van der Waals surface area contributed by atoms with Gasteiger partial charge in [-0.1, -0.05) is 13.8 Å². The second kappa shape index (κ2) is 8.38. The summed E-state index contributed by atoms with van der Waals surface area (Å²) < 4.78 is 8.39. The number of carbonyl (C=O) groups is 1. The van der Waals surface area contributed by atoms with Crippen LogP contribution in [0.2, 0.25) is 0 Å². The van der Waals surface area contributed by atoms with Gasteiger partial charge in [0.25, 0.3) is 0 Å². The predicted octanol–water partition coefficient (Wildman–Crippen LogP) is 3.47. The first kappa shape index (κ1) is 20.3. The van der Waals surface area contributed by atoms with Gasteiger partial charge in [0.1, 0.15) is 18.0 Å². The maximum Gasteiger partial charge on any atom is 0.214 e. The number of Topliss-reactive ketones (excluding diaryl/α,β-unsaturated/α-hetero) is 1. The second-order valence-electron chi connectivity index (χ2n) is 8.53. The molecule has 2 aliphatic rings. The Morgan fingerprint density at radius 1 is 1.17 bits per heavy atom. The van der Waals surface area contributed by atoms with Gasteiger partial charge in [0, 0.05) is 35.5 Å². The fourth-order valence-electron chi connectivity index (χ4n) is 3.62. The van der Waals surface area contributed by atoms with E-state index in [0.29, 0.717) is 17.5 Å². The van der Waals surface area contributed by atoms with Crippen molar-refractivity contribution < 1.29 is 14.1 Å². The van der Waals surface area contributed by atoms with Crippen LogP contribution in [0.15, 0.2) is 42.7 Å². The third-order valence-electron chi connectivity index (χ3n) is 5.57. The van der Waals surface area contributed by atoms with Crippen molar-refractivity contribution in [1.29, 1.82) is 0 Å². The fraction of sp³-hybridized carbons (Fsp3) is 0.417. The number of ether oxygens (including phenoxy) is 1. The lowest BCUT2D eigenvalue weighted by atomic mass is 10.0. The van der Waals surface area contributed by atoms with E-state index in [4.69, 9.17) is 4.74 Å². The van der Waals surface area contributed by atoms with E-state index in [-0.39, 0.29) is 17.8 Å². The number of hydrogen-bond acceptors (Lipinski definition) is 5. The van der Waals surface area contributed by atoms with E-state index in [2.05, 4.69) is 45.6 Å². The molecule has 6 heteroatoms. The Kier molecular flexibility index (Phi) is 5.66. The minimum Gasteiger partial charge on any atom is -0.471 e. The summed E-state index contributed by atoms with van der Waals surface area (Å²) in [6.45, 7) is 10.6. The molecule has 30 heavy (non-hydrogen) atoms. The van der Waals surface area contributed by atoms with Crippen LogP contribution < -0.4 is 9.64 Å². The van der Waals surface area contributed by atoms with Gasteiger partial charge in [-0.2, -0.15) is 0 Å². The topological polar surface area (TPSA) is 58.3 Å². The van der Waals surface area contributed by atoms with E-state index in [1.165, 1.54) is 5.57 Å². The quantitative estimate of drug-likeness (QED) is 0.521. The number of rotatable bonds is 7. The Morgan fingerprint density at radius 3 is 2.60 bits per heavy atom. The normalized spacial score (nSPS) is 16.5. The summed E-state index contributed by atoms with van der Waals surface area (Å²) in [5.74, 6) is 1.63. The molecule has 4 heterocycles. The molecule has 1 saturated heterocycles. The fourth-order valence-corrected chi connectivity index (χ4v) is 3.62. The van der Waals surface area contributed by atoms with Crippen LogP contribution in [0, 0.1) is 5.92 Å². The number of aromatic nitrogens is 2. The first-order chi connectivity index (χ1) is 14.4. The van der Waals surface area contributed by atoms with Crippen molar-refractivity contribution in [2.45, 2.75) is 39.8 Å². The SMILES string of the molecule is CC(C)C(=O)c1ccc(N2CC(Oc3cc(C4=CC[N+](C(C)C)=C4)ccn3)C2)nc1. The maximum absolute atomic E-state index is 12.0. The zero-order valence-electron chi connectivity index (χ0n) is 18.1. The van der Waals surface area contributed by atoms with Gasteiger partial charge >= 0.3 is 0 Å². The van der Waals surface area contributed by atoms with Gasteiger partial charge in [-0.15, -0.1) is 0 Å². The summed E-state index contributed by atoms with van der Waals surface area (Å²) >= 11 is 0. The van der Waals surface area contributed by atoms with Gasteiger partial charge in [0.15, 0.2) is 18.5 Å². The zero-order valence-corrected chi connectivity index (χ0v) is 18.1. The molecule has 4 rings (SSSR count). The summed E-state index contributed by atoms with van der Waals surface area (Å²) in [7, 11) is 0. The molecule has 0 spiro atoms. The minimum atomic E-state index is -0.0197. The Bertz CT molecular complexity index is 987. The molecule has 156 valence electrons. The third kappa shape index (κ3) is 4.27. The number of anilines is 1. The molecule has 0 saturated carbocycles. The smallest absolute Gasteiger partial charge is 0.214 e. The molecule has 0 aliphatic carbocycles. The minimum absolute atomic E-state index is 0.0197. The monoisotopic (exact) mass is 405 g/mol. The van der Waals surface area contributed by atoms with Crippen molar-refractivity contribution >= 4 is 23.4 Å². The van der Waals surface area contributed by atoms with E-state index in [0.717, 1.165) is 31.0 Å². The summed E-state index contributed by atoms with van der Waals surface area (Å²) in [4.78, 5) is 23.0. The van der Waals surface area contributed by atoms with Crippen molar-refractivity contribution in [2.24, 2.45) is 5.92 Å². The lowest BCUT2D eigenvalue weighted by Gasteiger charge is -2.39. The van der Waals surface area contributed by atoms with Crippen LogP contribution in [-0.2, 0) is 0 Å². The summed E-state index contributed by atoms with van der Waals surface area (Å²) in [5, 5.41) is 0. The Morgan fingerprint density at radius 2 is 1.97 bits per heavy atom. The van der Waals surface area contributed by atoms with Crippen LogP contribution >= 0.6 is 0 Å². The van der Waals surface area contributed by atoms with Crippen molar-refractivity contribution in [1.82, 2.24) is 9.97 Å². The summed E-state index contributed by atoms with van der Waals surface area (Å²) in [6.07, 6.45) is 8.00.